The maximum Gasteiger partial charge on any atom is 0.124 e. The highest BCUT2D eigenvalue weighted by atomic mass is 32.1. The topological polar surface area (TPSA) is 36.3 Å². The molecule has 0 aliphatic rings. The standard InChI is InChI=1S/C20H24N2O2S/c1-5-24-17-8-6-16(7-9-17)20-21-19(13-25-20)18-12-14(2)22(15(18)3)10-11-23-4/h6-9,12-13H,5,10-11H2,1-4H3. The number of benzene rings is 1. The van der Waals surface area contributed by atoms with Crippen molar-refractivity contribution in [2.75, 3.05) is 20.3 Å². The molecule has 0 bridgehead atoms. The molecule has 1 aromatic carbocycles. The van der Waals surface area contributed by atoms with Crippen molar-refractivity contribution in [1.29, 1.82) is 0 Å². The fourth-order valence-corrected chi connectivity index (χ4v) is 3.80. The van der Waals surface area contributed by atoms with E-state index in [-0.39, 0.29) is 0 Å². The smallest absolute Gasteiger partial charge is 0.124 e. The van der Waals surface area contributed by atoms with Gasteiger partial charge in [-0.05, 0) is 51.1 Å². The summed E-state index contributed by atoms with van der Waals surface area (Å²) in [7, 11) is 1.73. The first-order chi connectivity index (χ1) is 12.1. The van der Waals surface area contributed by atoms with Gasteiger partial charge in [-0.2, -0.15) is 0 Å². The molecule has 0 unspecified atom stereocenters. The van der Waals surface area contributed by atoms with Crippen LogP contribution in [0.3, 0.4) is 0 Å². The Kier molecular flexibility index (Phi) is 5.56. The number of hydrogen-bond donors (Lipinski definition) is 0. The number of hydrogen-bond acceptors (Lipinski definition) is 4. The van der Waals surface area contributed by atoms with E-state index >= 15 is 0 Å². The summed E-state index contributed by atoms with van der Waals surface area (Å²) in [6, 6.07) is 10.3. The summed E-state index contributed by atoms with van der Waals surface area (Å²) in [4.78, 5) is 4.86. The molecule has 2 heterocycles. The third-order valence-electron chi connectivity index (χ3n) is 4.29. The molecule has 5 heteroatoms. The summed E-state index contributed by atoms with van der Waals surface area (Å²) >= 11 is 1.67. The van der Waals surface area contributed by atoms with Crippen LogP contribution in [0.15, 0.2) is 35.7 Å². The molecular formula is C20H24N2O2S. The molecule has 0 spiro atoms. The number of rotatable bonds is 7. The zero-order chi connectivity index (χ0) is 17.8. The largest absolute Gasteiger partial charge is 0.494 e. The van der Waals surface area contributed by atoms with E-state index < -0.39 is 0 Å². The minimum Gasteiger partial charge on any atom is -0.494 e. The minimum atomic E-state index is 0.680. The molecule has 2 aromatic heterocycles. The Labute approximate surface area is 153 Å². The maximum absolute atomic E-state index is 5.51. The van der Waals surface area contributed by atoms with E-state index in [9.17, 15) is 0 Å². The van der Waals surface area contributed by atoms with Crippen molar-refractivity contribution in [3.05, 3.63) is 47.1 Å². The van der Waals surface area contributed by atoms with Crippen LogP contribution in [0, 0.1) is 13.8 Å². The summed E-state index contributed by atoms with van der Waals surface area (Å²) in [5.74, 6) is 0.893. The van der Waals surface area contributed by atoms with Crippen LogP contribution in [0.5, 0.6) is 5.75 Å². The molecule has 4 nitrogen and oxygen atoms in total. The van der Waals surface area contributed by atoms with Crippen molar-refractivity contribution < 1.29 is 9.47 Å². The SMILES string of the molecule is CCOc1ccc(-c2nc(-c3cc(C)n(CCOC)c3C)cs2)cc1. The van der Waals surface area contributed by atoms with Gasteiger partial charge < -0.3 is 14.0 Å². The highest BCUT2D eigenvalue weighted by Gasteiger charge is 2.14. The van der Waals surface area contributed by atoms with E-state index in [0.29, 0.717) is 13.2 Å². The highest BCUT2D eigenvalue weighted by Crippen LogP contribution is 2.32. The van der Waals surface area contributed by atoms with E-state index in [1.807, 2.05) is 19.1 Å². The second kappa shape index (κ2) is 7.85. The Bertz CT molecular complexity index is 834. The van der Waals surface area contributed by atoms with Crippen LogP contribution in [-0.4, -0.2) is 29.9 Å². The Morgan fingerprint density at radius 1 is 1.16 bits per heavy atom. The van der Waals surface area contributed by atoms with Gasteiger partial charge in [-0.3, -0.25) is 0 Å². The van der Waals surface area contributed by atoms with Gasteiger partial charge in [0.15, 0.2) is 0 Å². The van der Waals surface area contributed by atoms with Crippen molar-refractivity contribution in [2.45, 2.75) is 27.3 Å². The van der Waals surface area contributed by atoms with Crippen LogP contribution in [0.2, 0.25) is 0 Å². The van der Waals surface area contributed by atoms with E-state index in [0.717, 1.165) is 28.6 Å². The minimum absolute atomic E-state index is 0.680. The molecule has 3 aromatic rings. The Balaban J connectivity index is 1.86. The van der Waals surface area contributed by atoms with E-state index in [1.54, 1.807) is 18.4 Å². The van der Waals surface area contributed by atoms with Crippen LogP contribution in [-0.2, 0) is 11.3 Å². The zero-order valence-electron chi connectivity index (χ0n) is 15.2. The molecule has 132 valence electrons. The van der Waals surface area contributed by atoms with Crippen LogP contribution < -0.4 is 4.74 Å². The molecule has 3 rings (SSSR count). The van der Waals surface area contributed by atoms with Crippen LogP contribution in [0.4, 0.5) is 0 Å². The number of methoxy groups -OCH3 is 1. The molecule has 0 aliphatic heterocycles. The zero-order valence-corrected chi connectivity index (χ0v) is 16.0. The molecular weight excluding hydrogens is 332 g/mol. The predicted molar refractivity (Wildman–Crippen MR) is 103 cm³/mol. The fourth-order valence-electron chi connectivity index (χ4n) is 2.98. The third kappa shape index (κ3) is 3.78. The number of aromatic nitrogens is 2. The van der Waals surface area contributed by atoms with E-state index in [2.05, 4.69) is 42.0 Å². The first-order valence-electron chi connectivity index (χ1n) is 8.48. The molecule has 0 aliphatic carbocycles. The molecule has 25 heavy (non-hydrogen) atoms. The van der Waals surface area contributed by atoms with Gasteiger partial charge >= 0.3 is 0 Å². The fraction of sp³-hybridized carbons (Fsp3) is 0.350. The van der Waals surface area contributed by atoms with Crippen molar-refractivity contribution in [3.8, 4) is 27.6 Å². The Morgan fingerprint density at radius 3 is 2.60 bits per heavy atom. The first-order valence-corrected chi connectivity index (χ1v) is 9.36. The van der Waals surface area contributed by atoms with E-state index in [4.69, 9.17) is 14.5 Å². The van der Waals surface area contributed by atoms with Gasteiger partial charge in [0.1, 0.15) is 10.8 Å². The van der Waals surface area contributed by atoms with Crippen molar-refractivity contribution in [3.63, 3.8) is 0 Å². The monoisotopic (exact) mass is 356 g/mol. The third-order valence-corrected chi connectivity index (χ3v) is 5.18. The maximum atomic E-state index is 5.51. The molecule has 0 N–H and O–H groups in total. The summed E-state index contributed by atoms with van der Waals surface area (Å²) < 4.78 is 13.0. The number of aryl methyl sites for hydroxylation is 1. The molecule has 0 saturated heterocycles. The lowest BCUT2D eigenvalue weighted by Gasteiger charge is -2.08. The summed E-state index contributed by atoms with van der Waals surface area (Å²) in [6.07, 6.45) is 0. The second-order valence-corrected chi connectivity index (χ2v) is 6.78. The Hall–Kier alpha value is -2.11. The van der Waals surface area contributed by atoms with Crippen LogP contribution in [0.1, 0.15) is 18.3 Å². The molecule has 0 saturated carbocycles. The second-order valence-electron chi connectivity index (χ2n) is 5.92. The van der Waals surface area contributed by atoms with Crippen molar-refractivity contribution in [1.82, 2.24) is 9.55 Å². The quantitative estimate of drug-likeness (QED) is 0.601. The average Bonchev–Trinajstić information content (AvgIpc) is 3.20. The van der Waals surface area contributed by atoms with Gasteiger partial charge in [0, 0.05) is 41.5 Å². The van der Waals surface area contributed by atoms with Gasteiger partial charge in [-0.25, -0.2) is 4.98 Å². The van der Waals surface area contributed by atoms with Crippen molar-refractivity contribution >= 4 is 11.3 Å². The van der Waals surface area contributed by atoms with Crippen LogP contribution in [0.25, 0.3) is 21.8 Å². The normalized spacial score (nSPS) is 11.0. The lowest BCUT2D eigenvalue weighted by molar-refractivity contribution is 0.186. The number of ether oxygens (including phenoxy) is 2. The van der Waals surface area contributed by atoms with Gasteiger partial charge in [0.2, 0.25) is 0 Å². The number of nitrogens with zero attached hydrogens (tertiary/aromatic N) is 2. The van der Waals surface area contributed by atoms with Gasteiger partial charge in [-0.1, -0.05) is 0 Å². The summed E-state index contributed by atoms with van der Waals surface area (Å²) in [5.41, 5.74) is 5.82. The van der Waals surface area contributed by atoms with Gasteiger partial charge in [0.05, 0.1) is 18.9 Å². The molecule has 0 radical (unpaired) electrons. The molecule has 0 atom stereocenters. The molecule has 0 fully saturated rings. The van der Waals surface area contributed by atoms with E-state index in [1.165, 1.54) is 17.0 Å². The highest BCUT2D eigenvalue weighted by molar-refractivity contribution is 7.13. The average molecular weight is 356 g/mol. The van der Waals surface area contributed by atoms with Gasteiger partial charge in [-0.15, -0.1) is 11.3 Å². The lowest BCUT2D eigenvalue weighted by atomic mass is 10.2. The summed E-state index contributed by atoms with van der Waals surface area (Å²) in [6.45, 7) is 8.53. The Morgan fingerprint density at radius 2 is 1.92 bits per heavy atom. The van der Waals surface area contributed by atoms with Crippen LogP contribution >= 0.6 is 11.3 Å². The molecule has 0 amide bonds. The number of thiazole rings is 1. The summed E-state index contributed by atoms with van der Waals surface area (Å²) in [5, 5.41) is 3.16. The van der Waals surface area contributed by atoms with Gasteiger partial charge in [0.25, 0.3) is 0 Å². The predicted octanol–water partition coefficient (Wildman–Crippen LogP) is 4.94. The first kappa shape index (κ1) is 17.7. The van der Waals surface area contributed by atoms with Crippen molar-refractivity contribution in [2.24, 2.45) is 0 Å². The lowest BCUT2D eigenvalue weighted by Crippen LogP contribution is -2.07.